The van der Waals surface area contributed by atoms with Crippen LogP contribution in [0.2, 0.25) is 0 Å². The average molecular weight is 340 g/mol. The summed E-state index contributed by atoms with van der Waals surface area (Å²) in [5.74, 6) is -1.26. The molecule has 1 aromatic heterocycles. The van der Waals surface area contributed by atoms with Gasteiger partial charge in [-0.1, -0.05) is 15.9 Å². The van der Waals surface area contributed by atoms with Crippen LogP contribution in [0.5, 0.6) is 0 Å². The zero-order chi connectivity index (χ0) is 14.0. The minimum atomic E-state index is -0.996. The standard InChI is InChI=1S/C13H10BrNO3S/c1-7-4-8(6-9(14)5-7)12(16)15-11-3-2-10(19-11)13(17)18/h2-6H,1H3,(H,15,16)(H,17,18). The van der Waals surface area contributed by atoms with E-state index in [0.717, 1.165) is 21.4 Å². The second kappa shape index (κ2) is 5.54. The van der Waals surface area contributed by atoms with Gasteiger partial charge in [0.15, 0.2) is 0 Å². The molecule has 2 rings (SSSR count). The monoisotopic (exact) mass is 339 g/mol. The summed E-state index contributed by atoms with van der Waals surface area (Å²) >= 11 is 4.36. The van der Waals surface area contributed by atoms with Crippen molar-refractivity contribution in [2.75, 3.05) is 5.32 Å². The van der Waals surface area contributed by atoms with Gasteiger partial charge in [-0.3, -0.25) is 4.79 Å². The van der Waals surface area contributed by atoms with Gasteiger partial charge in [-0.2, -0.15) is 0 Å². The molecule has 0 aliphatic carbocycles. The summed E-state index contributed by atoms with van der Waals surface area (Å²) in [6, 6.07) is 8.44. The molecule has 2 N–H and O–H groups in total. The van der Waals surface area contributed by atoms with E-state index in [9.17, 15) is 9.59 Å². The second-order valence-electron chi connectivity index (χ2n) is 3.94. The van der Waals surface area contributed by atoms with Crippen molar-refractivity contribution >= 4 is 44.1 Å². The molecule has 0 fully saturated rings. The highest BCUT2D eigenvalue weighted by molar-refractivity contribution is 9.10. The number of rotatable bonds is 3. The number of hydrogen-bond donors (Lipinski definition) is 2. The Balaban J connectivity index is 2.18. The van der Waals surface area contributed by atoms with E-state index < -0.39 is 5.97 Å². The van der Waals surface area contributed by atoms with E-state index in [4.69, 9.17) is 5.11 Å². The van der Waals surface area contributed by atoms with Gasteiger partial charge < -0.3 is 10.4 Å². The lowest BCUT2D eigenvalue weighted by Gasteiger charge is -2.04. The quantitative estimate of drug-likeness (QED) is 0.894. The molecule has 0 aliphatic heterocycles. The summed E-state index contributed by atoms with van der Waals surface area (Å²) in [7, 11) is 0. The fourth-order valence-electron chi connectivity index (χ4n) is 1.57. The molecule has 0 radical (unpaired) electrons. The van der Waals surface area contributed by atoms with E-state index in [1.807, 2.05) is 13.0 Å². The molecule has 19 heavy (non-hydrogen) atoms. The molecule has 1 aromatic carbocycles. The minimum Gasteiger partial charge on any atom is -0.477 e. The zero-order valence-electron chi connectivity index (χ0n) is 9.94. The predicted octanol–water partition coefficient (Wildman–Crippen LogP) is 3.77. The fourth-order valence-corrected chi connectivity index (χ4v) is 2.92. The van der Waals surface area contributed by atoms with E-state index >= 15 is 0 Å². The Bertz CT molecular complexity index is 631. The van der Waals surface area contributed by atoms with Crippen LogP contribution in [0.4, 0.5) is 5.00 Å². The molecule has 6 heteroatoms. The van der Waals surface area contributed by atoms with Crippen LogP contribution in [0.3, 0.4) is 0 Å². The van der Waals surface area contributed by atoms with Crippen LogP contribution in [0.25, 0.3) is 0 Å². The van der Waals surface area contributed by atoms with Crippen LogP contribution in [-0.2, 0) is 0 Å². The summed E-state index contributed by atoms with van der Waals surface area (Å²) in [6.45, 7) is 1.90. The summed E-state index contributed by atoms with van der Waals surface area (Å²) in [5.41, 5.74) is 1.49. The van der Waals surface area contributed by atoms with E-state index in [-0.39, 0.29) is 10.8 Å². The van der Waals surface area contributed by atoms with Crippen molar-refractivity contribution in [2.24, 2.45) is 0 Å². The van der Waals surface area contributed by atoms with Gasteiger partial charge in [0.25, 0.3) is 5.91 Å². The Labute approximate surface area is 122 Å². The number of carbonyl (C=O) groups excluding carboxylic acids is 1. The number of nitrogens with one attached hydrogen (secondary N) is 1. The Kier molecular flexibility index (Phi) is 4.01. The maximum absolute atomic E-state index is 12.0. The highest BCUT2D eigenvalue weighted by atomic mass is 79.9. The maximum Gasteiger partial charge on any atom is 0.345 e. The van der Waals surface area contributed by atoms with Crippen LogP contribution in [-0.4, -0.2) is 17.0 Å². The molecular weight excluding hydrogens is 330 g/mol. The lowest BCUT2D eigenvalue weighted by molar-refractivity contribution is 0.0702. The number of amides is 1. The minimum absolute atomic E-state index is 0.195. The first-order chi connectivity index (χ1) is 8.95. The molecular formula is C13H10BrNO3S. The molecule has 1 heterocycles. The van der Waals surface area contributed by atoms with Crippen molar-refractivity contribution in [1.82, 2.24) is 0 Å². The fraction of sp³-hybridized carbons (Fsp3) is 0.0769. The predicted molar refractivity (Wildman–Crippen MR) is 78.1 cm³/mol. The highest BCUT2D eigenvalue weighted by Gasteiger charge is 2.11. The first-order valence-corrected chi connectivity index (χ1v) is 6.98. The first kappa shape index (κ1) is 13.8. The molecule has 2 aromatic rings. The average Bonchev–Trinajstić information content (AvgIpc) is 2.76. The number of carboxylic acid groups (broad SMARTS) is 1. The summed E-state index contributed by atoms with van der Waals surface area (Å²) in [5, 5.41) is 12.0. The summed E-state index contributed by atoms with van der Waals surface area (Å²) in [6.07, 6.45) is 0. The van der Waals surface area contributed by atoms with Crippen LogP contribution in [0.1, 0.15) is 25.6 Å². The lowest BCUT2D eigenvalue weighted by Crippen LogP contribution is -2.11. The number of halogens is 1. The normalized spacial score (nSPS) is 10.2. The van der Waals surface area contributed by atoms with Crippen molar-refractivity contribution in [1.29, 1.82) is 0 Å². The smallest absolute Gasteiger partial charge is 0.345 e. The molecule has 0 bridgehead atoms. The Morgan fingerprint density at radius 2 is 2.00 bits per heavy atom. The molecule has 0 saturated heterocycles. The molecule has 98 valence electrons. The van der Waals surface area contributed by atoms with Crippen LogP contribution in [0, 0.1) is 6.92 Å². The van der Waals surface area contributed by atoms with Gasteiger partial charge in [-0.05, 0) is 42.8 Å². The Morgan fingerprint density at radius 1 is 1.26 bits per heavy atom. The number of aromatic carboxylic acids is 1. The maximum atomic E-state index is 12.0. The molecule has 4 nitrogen and oxygen atoms in total. The first-order valence-electron chi connectivity index (χ1n) is 5.37. The number of benzene rings is 1. The Morgan fingerprint density at radius 3 is 2.58 bits per heavy atom. The van der Waals surface area contributed by atoms with Gasteiger partial charge in [0, 0.05) is 10.0 Å². The van der Waals surface area contributed by atoms with Gasteiger partial charge in [-0.15, -0.1) is 11.3 Å². The topological polar surface area (TPSA) is 66.4 Å². The molecule has 0 unspecified atom stereocenters. The van der Waals surface area contributed by atoms with Gasteiger partial charge >= 0.3 is 5.97 Å². The third-order valence-corrected chi connectivity index (χ3v) is 3.80. The number of hydrogen-bond acceptors (Lipinski definition) is 3. The highest BCUT2D eigenvalue weighted by Crippen LogP contribution is 2.23. The van der Waals surface area contributed by atoms with Crippen molar-refractivity contribution in [2.45, 2.75) is 6.92 Å². The molecule has 0 atom stereocenters. The van der Waals surface area contributed by atoms with Crippen molar-refractivity contribution in [3.8, 4) is 0 Å². The van der Waals surface area contributed by atoms with Crippen molar-refractivity contribution < 1.29 is 14.7 Å². The van der Waals surface area contributed by atoms with Crippen LogP contribution < -0.4 is 5.32 Å². The molecule has 1 amide bonds. The van der Waals surface area contributed by atoms with E-state index in [2.05, 4.69) is 21.2 Å². The molecule has 0 saturated carbocycles. The number of anilines is 1. The zero-order valence-corrected chi connectivity index (χ0v) is 12.3. The van der Waals surface area contributed by atoms with Gasteiger partial charge in [-0.25, -0.2) is 4.79 Å². The lowest BCUT2D eigenvalue weighted by atomic mass is 10.1. The molecule has 0 aliphatic rings. The van der Waals surface area contributed by atoms with Crippen LogP contribution in [0.15, 0.2) is 34.8 Å². The number of thiophene rings is 1. The summed E-state index contributed by atoms with van der Waals surface area (Å²) < 4.78 is 0.829. The van der Waals surface area contributed by atoms with Gasteiger partial charge in [0.2, 0.25) is 0 Å². The third-order valence-electron chi connectivity index (χ3n) is 2.36. The molecule has 0 spiro atoms. The number of carbonyl (C=O) groups is 2. The SMILES string of the molecule is Cc1cc(Br)cc(C(=O)Nc2ccc(C(=O)O)s2)c1. The van der Waals surface area contributed by atoms with Gasteiger partial charge in [0.05, 0.1) is 5.00 Å². The third kappa shape index (κ3) is 3.42. The van der Waals surface area contributed by atoms with E-state index in [0.29, 0.717) is 10.6 Å². The van der Waals surface area contributed by atoms with E-state index in [1.54, 1.807) is 18.2 Å². The van der Waals surface area contributed by atoms with Crippen molar-refractivity contribution in [3.05, 3.63) is 50.8 Å². The van der Waals surface area contributed by atoms with Gasteiger partial charge in [0.1, 0.15) is 4.88 Å². The number of carboxylic acids is 1. The van der Waals surface area contributed by atoms with Crippen LogP contribution >= 0.6 is 27.3 Å². The largest absolute Gasteiger partial charge is 0.477 e. The van der Waals surface area contributed by atoms with Crippen molar-refractivity contribution in [3.63, 3.8) is 0 Å². The van der Waals surface area contributed by atoms with E-state index in [1.165, 1.54) is 6.07 Å². The summed E-state index contributed by atoms with van der Waals surface area (Å²) in [4.78, 5) is 23.0. The Hall–Kier alpha value is -1.66. The second-order valence-corrected chi connectivity index (χ2v) is 5.94. The number of aryl methyl sites for hydroxylation is 1.